The molecule has 1 aliphatic rings. The fraction of sp³-hybridized carbons (Fsp3) is 0.438. The molecule has 1 aliphatic heterocycles. The van der Waals surface area contributed by atoms with Crippen molar-refractivity contribution in [2.75, 3.05) is 13.1 Å². The maximum absolute atomic E-state index is 12.2. The van der Waals surface area contributed by atoms with Gasteiger partial charge in [0.2, 0.25) is 11.8 Å². The summed E-state index contributed by atoms with van der Waals surface area (Å²) in [5.74, 6) is -1.11. The Morgan fingerprint density at radius 3 is 2.68 bits per heavy atom. The third-order valence-electron chi connectivity index (χ3n) is 3.52. The summed E-state index contributed by atoms with van der Waals surface area (Å²) < 4.78 is 5.33. The molecule has 0 aliphatic carbocycles. The Balaban J connectivity index is 1.85. The van der Waals surface area contributed by atoms with Gasteiger partial charge < -0.3 is 4.74 Å². The number of benzene rings is 1. The minimum absolute atomic E-state index is 0.0324. The monoisotopic (exact) mass is 304 g/mol. The Kier molecular flexibility index (Phi) is 5.66. The van der Waals surface area contributed by atoms with Crippen LogP contribution in [0.15, 0.2) is 30.3 Å². The van der Waals surface area contributed by atoms with E-state index in [0.717, 1.165) is 12.0 Å². The van der Waals surface area contributed by atoms with Crippen molar-refractivity contribution in [2.24, 2.45) is 0 Å². The van der Waals surface area contributed by atoms with Crippen LogP contribution < -0.4 is 5.32 Å². The van der Waals surface area contributed by atoms with Gasteiger partial charge in [0.15, 0.2) is 0 Å². The summed E-state index contributed by atoms with van der Waals surface area (Å²) in [5.41, 5.74) is 0.926. The third kappa shape index (κ3) is 4.66. The van der Waals surface area contributed by atoms with Gasteiger partial charge in [0.1, 0.15) is 12.6 Å². The zero-order chi connectivity index (χ0) is 15.9. The van der Waals surface area contributed by atoms with Crippen LogP contribution in [-0.4, -0.2) is 41.8 Å². The van der Waals surface area contributed by atoms with Crippen molar-refractivity contribution in [1.29, 1.82) is 0 Å². The van der Waals surface area contributed by atoms with E-state index in [2.05, 4.69) is 5.32 Å². The maximum atomic E-state index is 12.2. The first-order chi connectivity index (χ1) is 10.6. The highest BCUT2D eigenvalue weighted by atomic mass is 16.5. The van der Waals surface area contributed by atoms with Gasteiger partial charge in [-0.2, -0.15) is 0 Å². The van der Waals surface area contributed by atoms with E-state index < -0.39 is 17.9 Å². The van der Waals surface area contributed by atoms with Crippen molar-refractivity contribution >= 4 is 17.8 Å². The van der Waals surface area contributed by atoms with E-state index in [9.17, 15) is 14.4 Å². The normalized spacial score (nSPS) is 18.0. The average molecular weight is 304 g/mol. The topological polar surface area (TPSA) is 75.7 Å². The molecule has 1 saturated heterocycles. The Labute approximate surface area is 129 Å². The molecule has 1 fully saturated rings. The smallest absolute Gasteiger partial charge is 0.323 e. The van der Waals surface area contributed by atoms with Crippen LogP contribution in [0.3, 0.4) is 0 Å². The Morgan fingerprint density at radius 1 is 1.27 bits per heavy atom. The molecule has 0 radical (unpaired) electrons. The number of likely N-dealkylation sites (tertiary alicyclic amines) is 1. The lowest BCUT2D eigenvalue weighted by atomic mass is 10.2. The molecule has 1 heterocycles. The molecule has 6 nitrogen and oxygen atoms in total. The molecule has 0 saturated carbocycles. The van der Waals surface area contributed by atoms with Crippen LogP contribution in [0, 0.1) is 0 Å². The molecule has 1 aromatic rings. The lowest BCUT2D eigenvalue weighted by molar-refractivity contribution is -0.150. The highest BCUT2D eigenvalue weighted by molar-refractivity contribution is 5.95. The first kappa shape index (κ1) is 16.2. The molecule has 1 unspecified atom stereocenters. The highest BCUT2D eigenvalue weighted by Crippen LogP contribution is 2.18. The largest absolute Gasteiger partial charge is 0.460 e. The predicted octanol–water partition coefficient (Wildman–Crippen LogP) is 0.857. The number of imide groups is 1. The Morgan fingerprint density at radius 2 is 2.00 bits per heavy atom. The van der Waals surface area contributed by atoms with Gasteiger partial charge in [-0.15, -0.1) is 0 Å². The lowest BCUT2D eigenvalue weighted by Crippen LogP contribution is -2.44. The van der Waals surface area contributed by atoms with Gasteiger partial charge in [-0.05, 0) is 24.9 Å². The van der Waals surface area contributed by atoms with E-state index in [1.54, 1.807) is 4.90 Å². The lowest BCUT2D eigenvalue weighted by Gasteiger charge is -2.22. The van der Waals surface area contributed by atoms with Crippen LogP contribution in [0.2, 0.25) is 0 Å². The average Bonchev–Trinajstić information content (AvgIpc) is 2.93. The van der Waals surface area contributed by atoms with Crippen molar-refractivity contribution in [1.82, 2.24) is 10.2 Å². The van der Waals surface area contributed by atoms with Crippen LogP contribution in [-0.2, 0) is 25.7 Å². The van der Waals surface area contributed by atoms with Crippen LogP contribution in [0.4, 0.5) is 0 Å². The standard InChI is InChI=1S/C16H20N2O4/c1-12(19)17-15(20)10-18-9-5-8-14(18)16(21)22-11-13-6-3-2-4-7-13/h2-4,6-7,14H,5,8-11H2,1H3,(H,17,19,20). The van der Waals surface area contributed by atoms with E-state index in [-0.39, 0.29) is 19.1 Å². The van der Waals surface area contributed by atoms with Crippen LogP contribution in [0.1, 0.15) is 25.3 Å². The predicted molar refractivity (Wildman–Crippen MR) is 79.7 cm³/mol. The first-order valence-corrected chi connectivity index (χ1v) is 7.31. The molecule has 0 aromatic heterocycles. The highest BCUT2D eigenvalue weighted by Gasteiger charge is 2.33. The number of amides is 2. The van der Waals surface area contributed by atoms with E-state index in [1.165, 1.54) is 6.92 Å². The number of nitrogens with one attached hydrogen (secondary N) is 1. The number of carbonyl (C=O) groups is 3. The fourth-order valence-corrected chi connectivity index (χ4v) is 2.53. The van der Waals surface area contributed by atoms with E-state index in [1.807, 2.05) is 30.3 Å². The minimum Gasteiger partial charge on any atom is -0.460 e. The van der Waals surface area contributed by atoms with Crippen LogP contribution >= 0.6 is 0 Å². The molecule has 0 bridgehead atoms. The SMILES string of the molecule is CC(=O)NC(=O)CN1CCCC1C(=O)OCc1ccccc1. The number of nitrogens with zero attached hydrogens (tertiary/aromatic N) is 1. The summed E-state index contributed by atoms with van der Waals surface area (Å²) in [6.07, 6.45) is 1.50. The quantitative estimate of drug-likeness (QED) is 0.817. The Hall–Kier alpha value is -2.21. The number of ether oxygens (including phenoxy) is 1. The summed E-state index contributed by atoms with van der Waals surface area (Å²) in [4.78, 5) is 36.4. The molecule has 0 spiro atoms. The van der Waals surface area contributed by atoms with Gasteiger partial charge in [0.05, 0.1) is 6.54 Å². The maximum Gasteiger partial charge on any atom is 0.323 e. The summed E-state index contributed by atoms with van der Waals surface area (Å²) in [6, 6.07) is 9.03. The molecule has 1 N–H and O–H groups in total. The minimum atomic E-state index is -0.415. The van der Waals surface area contributed by atoms with Gasteiger partial charge in [0, 0.05) is 6.92 Å². The zero-order valence-electron chi connectivity index (χ0n) is 12.6. The van der Waals surface area contributed by atoms with Gasteiger partial charge in [0.25, 0.3) is 0 Å². The van der Waals surface area contributed by atoms with Gasteiger partial charge in [-0.1, -0.05) is 30.3 Å². The van der Waals surface area contributed by atoms with Gasteiger partial charge >= 0.3 is 5.97 Å². The molecular weight excluding hydrogens is 284 g/mol. The molecule has 1 aromatic carbocycles. The number of carbonyl (C=O) groups excluding carboxylic acids is 3. The second-order valence-corrected chi connectivity index (χ2v) is 5.33. The van der Waals surface area contributed by atoms with Crippen molar-refractivity contribution in [3.05, 3.63) is 35.9 Å². The second kappa shape index (κ2) is 7.70. The molecule has 2 amide bonds. The molecule has 22 heavy (non-hydrogen) atoms. The number of hydrogen-bond acceptors (Lipinski definition) is 5. The molecular formula is C16H20N2O4. The van der Waals surface area contributed by atoms with Crippen LogP contribution in [0.5, 0.6) is 0 Å². The summed E-state index contributed by atoms with van der Waals surface area (Å²) in [5, 5.41) is 2.22. The van der Waals surface area contributed by atoms with E-state index >= 15 is 0 Å². The molecule has 6 heteroatoms. The molecule has 118 valence electrons. The summed E-state index contributed by atoms with van der Waals surface area (Å²) in [7, 11) is 0. The van der Waals surface area contributed by atoms with Crippen molar-refractivity contribution in [3.63, 3.8) is 0 Å². The Bertz CT molecular complexity index is 544. The van der Waals surface area contributed by atoms with Crippen molar-refractivity contribution in [2.45, 2.75) is 32.4 Å². The third-order valence-corrected chi connectivity index (χ3v) is 3.52. The van der Waals surface area contributed by atoms with Crippen molar-refractivity contribution in [3.8, 4) is 0 Å². The molecule has 2 rings (SSSR count). The number of hydrogen-bond donors (Lipinski definition) is 1. The fourth-order valence-electron chi connectivity index (χ4n) is 2.53. The summed E-state index contributed by atoms with van der Waals surface area (Å²) >= 11 is 0. The van der Waals surface area contributed by atoms with E-state index in [4.69, 9.17) is 4.74 Å². The van der Waals surface area contributed by atoms with Crippen molar-refractivity contribution < 1.29 is 19.1 Å². The number of esters is 1. The van der Waals surface area contributed by atoms with Gasteiger partial charge in [-0.25, -0.2) is 0 Å². The zero-order valence-corrected chi connectivity index (χ0v) is 12.6. The van der Waals surface area contributed by atoms with E-state index in [0.29, 0.717) is 13.0 Å². The van der Waals surface area contributed by atoms with Gasteiger partial charge in [-0.3, -0.25) is 24.6 Å². The molecule has 1 atom stereocenters. The van der Waals surface area contributed by atoms with Crippen LogP contribution in [0.25, 0.3) is 0 Å². The summed E-state index contributed by atoms with van der Waals surface area (Å²) in [6.45, 7) is 2.19. The second-order valence-electron chi connectivity index (χ2n) is 5.33. The number of rotatable bonds is 5. The first-order valence-electron chi connectivity index (χ1n) is 7.31.